The van der Waals surface area contributed by atoms with Crippen molar-refractivity contribution in [3.05, 3.63) is 71.0 Å². The molecule has 1 aliphatic carbocycles. The fourth-order valence-corrected chi connectivity index (χ4v) is 4.12. The van der Waals surface area contributed by atoms with Gasteiger partial charge in [0.1, 0.15) is 5.82 Å². The summed E-state index contributed by atoms with van der Waals surface area (Å²) in [6.07, 6.45) is 2.00. The minimum atomic E-state index is -0.114. The Labute approximate surface area is 178 Å². The number of rotatable bonds is 7. The number of hydrogen-bond acceptors (Lipinski definition) is 3. The molecule has 30 heavy (non-hydrogen) atoms. The maximum absolute atomic E-state index is 14.3. The average molecular weight is 411 g/mol. The number of ether oxygens (including phenoxy) is 1. The molecule has 0 radical (unpaired) electrons. The lowest BCUT2D eigenvalue weighted by Gasteiger charge is -2.27. The topological polar surface area (TPSA) is 48.9 Å². The molecule has 4 rings (SSSR count). The SMILES string of the molecule is CN=C(NCc1ccccc1CN1CCOCC1)NCC1(c2ccccc2F)CC1. The highest BCUT2D eigenvalue weighted by Crippen LogP contribution is 2.48. The Morgan fingerprint density at radius 1 is 1.03 bits per heavy atom. The third-order valence-corrected chi connectivity index (χ3v) is 6.18. The van der Waals surface area contributed by atoms with Crippen LogP contribution in [0.25, 0.3) is 0 Å². The molecule has 1 saturated carbocycles. The van der Waals surface area contributed by atoms with Gasteiger partial charge in [-0.3, -0.25) is 9.89 Å². The predicted octanol–water partition coefficient (Wildman–Crippen LogP) is 3.05. The smallest absolute Gasteiger partial charge is 0.191 e. The zero-order chi connectivity index (χ0) is 20.8. The number of benzene rings is 2. The van der Waals surface area contributed by atoms with Gasteiger partial charge in [-0.15, -0.1) is 0 Å². The van der Waals surface area contributed by atoms with Crippen LogP contribution in [0.4, 0.5) is 4.39 Å². The fraction of sp³-hybridized carbons (Fsp3) is 0.458. The Kier molecular flexibility index (Phi) is 6.65. The monoisotopic (exact) mass is 410 g/mol. The van der Waals surface area contributed by atoms with Crippen molar-refractivity contribution in [1.29, 1.82) is 0 Å². The van der Waals surface area contributed by atoms with Crippen molar-refractivity contribution in [2.24, 2.45) is 4.99 Å². The van der Waals surface area contributed by atoms with Crippen molar-refractivity contribution < 1.29 is 9.13 Å². The first-order valence-electron chi connectivity index (χ1n) is 10.8. The van der Waals surface area contributed by atoms with Gasteiger partial charge in [0, 0.05) is 45.2 Å². The Bertz CT molecular complexity index is 875. The zero-order valence-electron chi connectivity index (χ0n) is 17.7. The maximum Gasteiger partial charge on any atom is 0.191 e. The summed E-state index contributed by atoms with van der Waals surface area (Å²) in [6, 6.07) is 15.6. The second-order valence-corrected chi connectivity index (χ2v) is 8.20. The number of nitrogens with one attached hydrogen (secondary N) is 2. The Balaban J connectivity index is 1.34. The van der Waals surface area contributed by atoms with E-state index in [1.54, 1.807) is 19.2 Å². The van der Waals surface area contributed by atoms with Crippen molar-refractivity contribution in [2.75, 3.05) is 39.9 Å². The first-order valence-corrected chi connectivity index (χ1v) is 10.8. The van der Waals surface area contributed by atoms with Gasteiger partial charge < -0.3 is 15.4 Å². The molecule has 2 fully saturated rings. The van der Waals surface area contributed by atoms with Crippen LogP contribution in [0.15, 0.2) is 53.5 Å². The van der Waals surface area contributed by atoms with E-state index in [-0.39, 0.29) is 11.2 Å². The van der Waals surface area contributed by atoms with Gasteiger partial charge in [-0.25, -0.2) is 4.39 Å². The van der Waals surface area contributed by atoms with E-state index in [0.29, 0.717) is 13.1 Å². The molecule has 5 nitrogen and oxygen atoms in total. The summed E-state index contributed by atoms with van der Waals surface area (Å²) in [5, 5.41) is 6.85. The number of guanidine groups is 1. The van der Waals surface area contributed by atoms with Crippen molar-refractivity contribution in [3.8, 4) is 0 Å². The quantitative estimate of drug-likeness (QED) is 0.544. The molecule has 2 aromatic rings. The third kappa shape index (κ3) is 4.99. The summed E-state index contributed by atoms with van der Waals surface area (Å²) in [5.41, 5.74) is 3.29. The molecule has 0 atom stereocenters. The average Bonchev–Trinajstić information content (AvgIpc) is 3.57. The molecule has 0 amide bonds. The molecule has 1 saturated heterocycles. The van der Waals surface area contributed by atoms with Gasteiger partial charge in [0.15, 0.2) is 5.96 Å². The van der Waals surface area contributed by atoms with Crippen LogP contribution in [-0.4, -0.2) is 50.8 Å². The Morgan fingerprint density at radius 2 is 1.73 bits per heavy atom. The van der Waals surface area contributed by atoms with Gasteiger partial charge in [-0.1, -0.05) is 42.5 Å². The van der Waals surface area contributed by atoms with Crippen LogP contribution in [0.3, 0.4) is 0 Å². The number of morpholine rings is 1. The second-order valence-electron chi connectivity index (χ2n) is 8.20. The van der Waals surface area contributed by atoms with E-state index in [1.807, 2.05) is 12.1 Å². The largest absolute Gasteiger partial charge is 0.379 e. The highest BCUT2D eigenvalue weighted by Gasteiger charge is 2.45. The molecule has 2 N–H and O–H groups in total. The van der Waals surface area contributed by atoms with Gasteiger partial charge in [-0.05, 0) is 35.6 Å². The summed E-state index contributed by atoms with van der Waals surface area (Å²) >= 11 is 0. The van der Waals surface area contributed by atoms with Crippen molar-refractivity contribution in [1.82, 2.24) is 15.5 Å². The van der Waals surface area contributed by atoms with Crippen LogP contribution in [0.5, 0.6) is 0 Å². The van der Waals surface area contributed by atoms with Crippen molar-refractivity contribution >= 4 is 5.96 Å². The predicted molar refractivity (Wildman–Crippen MR) is 118 cm³/mol. The van der Waals surface area contributed by atoms with Crippen molar-refractivity contribution in [3.63, 3.8) is 0 Å². The Morgan fingerprint density at radius 3 is 2.43 bits per heavy atom. The van der Waals surface area contributed by atoms with E-state index < -0.39 is 0 Å². The molecule has 2 aromatic carbocycles. The first-order chi connectivity index (χ1) is 14.7. The molecule has 160 valence electrons. The third-order valence-electron chi connectivity index (χ3n) is 6.18. The normalized spacial score (nSPS) is 18.8. The molecule has 6 heteroatoms. The second kappa shape index (κ2) is 9.58. The standard InChI is InChI=1S/C24H31FN4O/c1-26-23(28-18-24(10-11-24)21-8-4-5-9-22(21)25)27-16-19-6-2-3-7-20(19)17-29-12-14-30-15-13-29/h2-9H,10-18H2,1H3,(H2,26,27,28). The first kappa shape index (κ1) is 20.8. The van der Waals surface area contributed by atoms with Crippen LogP contribution in [0, 0.1) is 5.82 Å². The molecule has 2 aliphatic rings. The van der Waals surface area contributed by atoms with Gasteiger partial charge in [0.05, 0.1) is 13.2 Å². The van der Waals surface area contributed by atoms with E-state index in [2.05, 4.69) is 44.8 Å². The van der Waals surface area contributed by atoms with Gasteiger partial charge in [-0.2, -0.15) is 0 Å². The molecule has 0 unspecified atom stereocenters. The highest BCUT2D eigenvalue weighted by molar-refractivity contribution is 5.79. The van der Waals surface area contributed by atoms with Gasteiger partial charge in [0.2, 0.25) is 0 Å². The lowest BCUT2D eigenvalue weighted by Crippen LogP contribution is -2.41. The summed E-state index contributed by atoms with van der Waals surface area (Å²) < 4.78 is 19.7. The minimum absolute atomic E-state index is 0.114. The number of halogens is 1. The van der Waals surface area contributed by atoms with Crippen LogP contribution in [-0.2, 0) is 23.2 Å². The molecular weight excluding hydrogens is 379 g/mol. The maximum atomic E-state index is 14.3. The zero-order valence-corrected chi connectivity index (χ0v) is 17.7. The number of hydrogen-bond donors (Lipinski definition) is 2. The van der Waals surface area contributed by atoms with E-state index in [0.717, 1.165) is 57.2 Å². The van der Waals surface area contributed by atoms with Crippen LogP contribution in [0.2, 0.25) is 0 Å². The Hall–Kier alpha value is -2.44. The molecule has 1 aliphatic heterocycles. The molecule has 1 heterocycles. The van der Waals surface area contributed by atoms with Crippen LogP contribution < -0.4 is 10.6 Å². The highest BCUT2D eigenvalue weighted by atomic mass is 19.1. The van der Waals surface area contributed by atoms with E-state index in [1.165, 1.54) is 11.1 Å². The summed E-state index contributed by atoms with van der Waals surface area (Å²) in [5.74, 6) is 0.635. The number of nitrogens with zero attached hydrogens (tertiary/aromatic N) is 2. The van der Waals surface area contributed by atoms with E-state index >= 15 is 0 Å². The van der Waals surface area contributed by atoms with Crippen LogP contribution >= 0.6 is 0 Å². The molecule has 0 spiro atoms. The summed E-state index contributed by atoms with van der Waals surface area (Å²) in [4.78, 5) is 6.80. The molecule has 0 bridgehead atoms. The van der Waals surface area contributed by atoms with Crippen LogP contribution in [0.1, 0.15) is 29.5 Å². The number of aliphatic imine (C=N–C) groups is 1. The van der Waals surface area contributed by atoms with Gasteiger partial charge >= 0.3 is 0 Å². The fourth-order valence-electron chi connectivity index (χ4n) is 4.12. The van der Waals surface area contributed by atoms with Crippen molar-refractivity contribution in [2.45, 2.75) is 31.3 Å². The lowest BCUT2D eigenvalue weighted by molar-refractivity contribution is 0.0341. The lowest BCUT2D eigenvalue weighted by atomic mass is 9.95. The van der Waals surface area contributed by atoms with Gasteiger partial charge in [0.25, 0.3) is 0 Å². The minimum Gasteiger partial charge on any atom is -0.379 e. The van der Waals surface area contributed by atoms with E-state index in [9.17, 15) is 4.39 Å². The molecule has 0 aromatic heterocycles. The van der Waals surface area contributed by atoms with E-state index in [4.69, 9.17) is 4.74 Å². The molecular formula is C24H31FN4O. The summed E-state index contributed by atoms with van der Waals surface area (Å²) in [7, 11) is 1.78. The summed E-state index contributed by atoms with van der Waals surface area (Å²) in [6.45, 7) is 5.88.